The van der Waals surface area contributed by atoms with Crippen LogP contribution in [0.3, 0.4) is 0 Å². The third-order valence-electron chi connectivity index (χ3n) is 6.93. The lowest BCUT2D eigenvalue weighted by molar-refractivity contribution is 0.221. The first-order valence-corrected chi connectivity index (χ1v) is 11.8. The molecule has 1 aliphatic carbocycles. The topological polar surface area (TPSA) is 63.3 Å². The molecule has 0 radical (unpaired) electrons. The summed E-state index contributed by atoms with van der Waals surface area (Å²) in [5.41, 5.74) is 3.78. The molecule has 1 aliphatic rings. The van der Waals surface area contributed by atoms with E-state index in [0.29, 0.717) is 23.5 Å². The molecule has 3 aromatic heterocycles. The molecule has 0 bridgehead atoms. The zero-order chi connectivity index (χ0) is 23.3. The van der Waals surface area contributed by atoms with Gasteiger partial charge in [-0.3, -0.25) is 0 Å². The Labute approximate surface area is 193 Å². The number of hydrogen-bond donors (Lipinski definition) is 1. The maximum atomic E-state index is 15.0. The van der Waals surface area contributed by atoms with Gasteiger partial charge in [-0.15, -0.1) is 5.10 Å². The molecule has 4 aromatic rings. The highest BCUT2D eigenvalue weighted by Gasteiger charge is 2.23. The second-order valence-corrected chi connectivity index (χ2v) is 9.70. The van der Waals surface area contributed by atoms with Gasteiger partial charge in [0.05, 0.1) is 17.2 Å². The fourth-order valence-corrected chi connectivity index (χ4v) is 5.21. The molecule has 0 aliphatic heterocycles. The van der Waals surface area contributed by atoms with Gasteiger partial charge in [0.25, 0.3) is 0 Å². The highest BCUT2D eigenvalue weighted by molar-refractivity contribution is 5.88. The van der Waals surface area contributed by atoms with Gasteiger partial charge < -0.3 is 14.8 Å². The Morgan fingerprint density at radius 1 is 1.12 bits per heavy atom. The van der Waals surface area contributed by atoms with E-state index in [1.807, 2.05) is 36.0 Å². The minimum Gasteiger partial charge on any atom is -0.350 e. The average molecular weight is 450 g/mol. The number of fused-ring (bicyclic) bond motifs is 2. The third-order valence-corrected chi connectivity index (χ3v) is 6.93. The van der Waals surface area contributed by atoms with Gasteiger partial charge in [-0.2, -0.15) is 0 Å². The summed E-state index contributed by atoms with van der Waals surface area (Å²) in [7, 11) is 4.31. The van der Waals surface area contributed by atoms with Crippen LogP contribution in [0.2, 0.25) is 0 Å². The number of hydrogen-bond acceptors (Lipinski definition) is 5. The van der Waals surface area contributed by atoms with Crippen LogP contribution in [0.15, 0.2) is 30.6 Å². The second-order valence-electron chi connectivity index (χ2n) is 9.70. The number of halogens is 1. The molecule has 8 heteroatoms. The van der Waals surface area contributed by atoms with Crippen LogP contribution in [0.5, 0.6) is 0 Å². The van der Waals surface area contributed by atoms with E-state index in [0.717, 1.165) is 40.8 Å². The molecule has 33 heavy (non-hydrogen) atoms. The van der Waals surface area contributed by atoms with Crippen molar-refractivity contribution in [1.29, 1.82) is 0 Å². The Balaban J connectivity index is 1.44. The smallest absolute Gasteiger partial charge is 0.241 e. The molecule has 0 amide bonds. The van der Waals surface area contributed by atoms with Crippen molar-refractivity contribution in [3.05, 3.63) is 42.2 Å². The summed E-state index contributed by atoms with van der Waals surface area (Å²) in [4.78, 5) is 11.3. The lowest BCUT2D eigenvalue weighted by Gasteiger charge is -2.32. The number of aryl methyl sites for hydroxylation is 1. The molecule has 174 valence electrons. The molecule has 5 rings (SSSR count). The molecule has 0 spiro atoms. The van der Waals surface area contributed by atoms with Crippen LogP contribution in [0.25, 0.3) is 27.7 Å². The Morgan fingerprint density at radius 3 is 2.58 bits per heavy atom. The fraction of sp³-hybridized carbons (Fsp3) is 0.480. The van der Waals surface area contributed by atoms with Crippen molar-refractivity contribution in [1.82, 2.24) is 29.0 Å². The van der Waals surface area contributed by atoms with Crippen LogP contribution in [0, 0.1) is 12.7 Å². The Morgan fingerprint density at radius 2 is 1.88 bits per heavy atom. The van der Waals surface area contributed by atoms with Crippen molar-refractivity contribution in [2.24, 2.45) is 0 Å². The largest absolute Gasteiger partial charge is 0.350 e. The molecule has 3 heterocycles. The van der Waals surface area contributed by atoms with Crippen molar-refractivity contribution in [2.45, 2.75) is 64.6 Å². The first kappa shape index (κ1) is 21.8. The molecule has 7 nitrogen and oxygen atoms in total. The van der Waals surface area contributed by atoms with Gasteiger partial charge in [0.2, 0.25) is 5.95 Å². The number of benzene rings is 1. The van der Waals surface area contributed by atoms with E-state index in [1.165, 1.54) is 12.8 Å². The summed E-state index contributed by atoms with van der Waals surface area (Å²) >= 11 is 0. The van der Waals surface area contributed by atoms with E-state index in [1.54, 1.807) is 6.07 Å². The van der Waals surface area contributed by atoms with E-state index >= 15 is 0 Å². The van der Waals surface area contributed by atoms with Crippen molar-refractivity contribution in [3.8, 4) is 11.1 Å². The zero-order valence-electron chi connectivity index (χ0n) is 20.0. The van der Waals surface area contributed by atoms with Crippen molar-refractivity contribution in [3.63, 3.8) is 0 Å². The highest BCUT2D eigenvalue weighted by Crippen LogP contribution is 2.32. The summed E-state index contributed by atoms with van der Waals surface area (Å²) < 4.78 is 18.9. The average Bonchev–Trinajstić information content (AvgIpc) is 3.34. The number of nitrogens with one attached hydrogen (secondary N) is 1. The maximum Gasteiger partial charge on any atom is 0.241 e. The SMILES string of the molecule is Cc1nc2c(F)cc(-c3ccn4nc(N[C@H]5CC[C@@H](N(C)C)CC5)ncc34)cc2n1C(C)C. The molecule has 0 atom stereocenters. The number of imidazole rings is 1. The fourth-order valence-electron chi connectivity index (χ4n) is 5.21. The summed E-state index contributed by atoms with van der Waals surface area (Å²) in [6.07, 6.45) is 8.33. The first-order chi connectivity index (χ1) is 15.8. The molecule has 1 N–H and O–H groups in total. The number of anilines is 1. The summed E-state index contributed by atoms with van der Waals surface area (Å²) in [6.45, 7) is 6.09. The maximum absolute atomic E-state index is 15.0. The lowest BCUT2D eigenvalue weighted by atomic mass is 9.91. The van der Waals surface area contributed by atoms with Crippen LogP contribution in [-0.4, -0.2) is 55.2 Å². The molecule has 1 aromatic carbocycles. The van der Waals surface area contributed by atoms with E-state index in [9.17, 15) is 4.39 Å². The van der Waals surface area contributed by atoms with Gasteiger partial charge in [0.1, 0.15) is 11.3 Å². The minimum atomic E-state index is -0.308. The predicted molar refractivity (Wildman–Crippen MR) is 130 cm³/mol. The van der Waals surface area contributed by atoms with Gasteiger partial charge in [0.15, 0.2) is 5.82 Å². The van der Waals surface area contributed by atoms with Gasteiger partial charge in [0, 0.05) is 29.9 Å². The van der Waals surface area contributed by atoms with E-state index in [4.69, 9.17) is 0 Å². The molecule has 0 unspecified atom stereocenters. The number of rotatable bonds is 5. The summed E-state index contributed by atoms with van der Waals surface area (Å²) in [5, 5.41) is 8.18. The normalized spacial score (nSPS) is 19.3. The molecular weight excluding hydrogens is 417 g/mol. The van der Waals surface area contributed by atoms with Gasteiger partial charge in [-0.1, -0.05) is 0 Å². The predicted octanol–water partition coefficient (Wildman–Crippen LogP) is 5.06. The number of nitrogens with zero attached hydrogens (tertiary/aromatic N) is 6. The summed E-state index contributed by atoms with van der Waals surface area (Å²) in [6, 6.07) is 6.80. The zero-order valence-corrected chi connectivity index (χ0v) is 20.0. The second kappa shape index (κ2) is 8.41. The van der Waals surface area contributed by atoms with Crippen LogP contribution in [-0.2, 0) is 0 Å². The lowest BCUT2D eigenvalue weighted by Crippen LogP contribution is -2.36. The Bertz CT molecular complexity index is 1300. The van der Waals surface area contributed by atoms with Gasteiger partial charge in [-0.25, -0.2) is 18.9 Å². The van der Waals surface area contributed by atoms with Gasteiger partial charge >= 0.3 is 0 Å². The minimum absolute atomic E-state index is 0.195. The standard InChI is InChI=1S/C25H32FN7/c1-15(2)33-16(3)28-24-21(26)12-17(13-22(24)33)20-10-11-32-23(20)14-27-25(30-32)29-18-6-8-19(9-7-18)31(4)5/h10-15,18-19H,6-9H2,1-5H3,(H,29,30)/t18-,19+. The van der Waals surface area contributed by atoms with Gasteiger partial charge in [-0.05, 0) is 84.3 Å². The number of aromatic nitrogens is 5. The molecule has 1 saturated carbocycles. The molecule has 1 fully saturated rings. The molecular formula is C25H32FN7. The quantitative estimate of drug-likeness (QED) is 0.461. The monoisotopic (exact) mass is 449 g/mol. The van der Waals surface area contributed by atoms with E-state index in [2.05, 4.69) is 57.8 Å². The highest BCUT2D eigenvalue weighted by atomic mass is 19.1. The first-order valence-electron chi connectivity index (χ1n) is 11.8. The van der Waals surface area contributed by atoms with Crippen LogP contribution >= 0.6 is 0 Å². The van der Waals surface area contributed by atoms with Crippen LogP contribution < -0.4 is 5.32 Å². The van der Waals surface area contributed by atoms with Crippen molar-refractivity contribution < 1.29 is 4.39 Å². The Kier molecular flexibility index (Phi) is 5.56. The van der Waals surface area contributed by atoms with Crippen molar-refractivity contribution >= 4 is 22.5 Å². The van der Waals surface area contributed by atoms with Crippen LogP contribution in [0.1, 0.15) is 51.4 Å². The van der Waals surface area contributed by atoms with Crippen LogP contribution in [0.4, 0.5) is 10.3 Å². The summed E-state index contributed by atoms with van der Waals surface area (Å²) in [5.74, 6) is 1.14. The van der Waals surface area contributed by atoms with E-state index < -0.39 is 0 Å². The Hall–Kier alpha value is -3.00. The third kappa shape index (κ3) is 3.97. The van der Waals surface area contributed by atoms with Crippen molar-refractivity contribution in [2.75, 3.05) is 19.4 Å². The van der Waals surface area contributed by atoms with E-state index in [-0.39, 0.29) is 11.9 Å². The molecule has 0 saturated heterocycles.